The van der Waals surface area contributed by atoms with Crippen molar-refractivity contribution >= 4 is 31.6 Å². The summed E-state index contributed by atoms with van der Waals surface area (Å²) in [6.45, 7) is 0. The number of benzene rings is 1. The first-order valence-electron chi connectivity index (χ1n) is 3.47. The number of nitrogens with one attached hydrogen (secondary N) is 1. The summed E-state index contributed by atoms with van der Waals surface area (Å²) in [7, 11) is -4.57. The summed E-state index contributed by atoms with van der Waals surface area (Å²) in [5.74, 6) is -3.43. The highest BCUT2D eigenvalue weighted by Gasteiger charge is 2.23. The van der Waals surface area contributed by atoms with Crippen LogP contribution in [0.4, 0.5) is 14.5 Å². The van der Waals surface area contributed by atoms with Crippen LogP contribution in [0.5, 0.6) is 0 Å². The quantitative estimate of drug-likeness (QED) is 0.927. The molecule has 1 aromatic carbocycles. The second kappa shape index (κ2) is 4.22. The minimum atomic E-state index is -4.57. The molecule has 0 bridgehead atoms. The Morgan fingerprint density at radius 1 is 1.36 bits per heavy atom. The van der Waals surface area contributed by atoms with Gasteiger partial charge in [-0.3, -0.25) is 4.72 Å². The zero-order chi connectivity index (χ0) is 10.8. The molecule has 1 rings (SSSR count). The molecule has 0 fully saturated rings. The first-order valence-corrected chi connectivity index (χ1v) is 5.81. The first-order chi connectivity index (χ1) is 6.42. The van der Waals surface area contributed by atoms with Crippen LogP contribution in [-0.4, -0.2) is 14.2 Å². The van der Waals surface area contributed by atoms with Crippen molar-refractivity contribution in [2.24, 2.45) is 0 Å². The molecule has 0 unspecified atom stereocenters. The fourth-order valence-corrected chi connectivity index (χ4v) is 1.70. The number of hydrogen-bond donors (Lipinski definition) is 1. The SMILES string of the molecule is O=S(=O)(Nc1cccc(Br)c1)C(F)F. The summed E-state index contributed by atoms with van der Waals surface area (Å²) in [5.41, 5.74) is 0.0969. The van der Waals surface area contributed by atoms with E-state index in [1.165, 1.54) is 18.2 Å². The Labute approximate surface area is 88.3 Å². The average Bonchev–Trinajstić information content (AvgIpc) is 2.02. The highest BCUT2D eigenvalue weighted by atomic mass is 79.9. The van der Waals surface area contributed by atoms with Crippen molar-refractivity contribution in [2.75, 3.05) is 4.72 Å². The molecule has 1 N–H and O–H groups in total. The lowest BCUT2D eigenvalue weighted by Gasteiger charge is -2.06. The van der Waals surface area contributed by atoms with Gasteiger partial charge in [-0.2, -0.15) is 8.78 Å². The molecule has 0 saturated carbocycles. The van der Waals surface area contributed by atoms with Crippen LogP contribution in [0.15, 0.2) is 28.7 Å². The van der Waals surface area contributed by atoms with E-state index in [2.05, 4.69) is 15.9 Å². The molecule has 14 heavy (non-hydrogen) atoms. The van der Waals surface area contributed by atoms with Crippen molar-refractivity contribution < 1.29 is 17.2 Å². The maximum absolute atomic E-state index is 11.9. The minimum absolute atomic E-state index is 0.0969. The average molecular weight is 286 g/mol. The molecular formula is C7H6BrF2NO2S. The molecule has 0 aliphatic carbocycles. The Hall–Kier alpha value is -0.690. The van der Waals surface area contributed by atoms with Gasteiger partial charge in [-0.15, -0.1) is 0 Å². The van der Waals surface area contributed by atoms with Crippen molar-refractivity contribution in [2.45, 2.75) is 5.76 Å². The van der Waals surface area contributed by atoms with E-state index in [0.29, 0.717) is 4.47 Å². The van der Waals surface area contributed by atoms with E-state index < -0.39 is 15.8 Å². The third-order valence-corrected chi connectivity index (χ3v) is 2.80. The predicted octanol–water partition coefficient (Wildman–Crippen LogP) is 2.41. The molecule has 0 atom stereocenters. The van der Waals surface area contributed by atoms with Gasteiger partial charge >= 0.3 is 5.76 Å². The van der Waals surface area contributed by atoms with E-state index >= 15 is 0 Å². The lowest BCUT2D eigenvalue weighted by Crippen LogP contribution is -2.20. The number of anilines is 1. The summed E-state index contributed by atoms with van der Waals surface area (Å²) in [6, 6.07) is 5.96. The molecule has 0 spiro atoms. The number of hydrogen-bond acceptors (Lipinski definition) is 2. The van der Waals surface area contributed by atoms with Crippen LogP contribution in [0, 0.1) is 0 Å². The maximum atomic E-state index is 11.9. The number of sulfonamides is 1. The first kappa shape index (κ1) is 11.4. The summed E-state index contributed by atoms with van der Waals surface area (Å²) >= 11 is 3.08. The van der Waals surface area contributed by atoms with Gasteiger partial charge in [0.05, 0.1) is 0 Å². The molecule has 1 aromatic rings. The minimum Gasteiger partial charge on any atom is -0.279 e. The van der Waals surface area contributed by atoms with Crippen molar-refractivity contribution in [3.63, 3.8) is 0 Å². The van der Waals surface area contributed by atoms with Gasteiger partial charge in [-0.1, -0.05) is 22.0 Å². The third-order valence-electron chi connectivity index (χ3n) is 1.32. The smallest absolute Gasteiger partial charge is 0.279 e. The molecule has 0 radical (unpaired) electrons. The lowest BCUT2D eigenvalue weighted by molar-refractivity contribution is 0.236. The highest BCUT2D eigenvalue weighted by Crippen LogP contribution is 2.18. The van der Waals surface area contributed by atoms with Crippen molar-refractivity contribution in [1.82, 2.24) is 0 Å². The van der Waals surface area contributed by atoms with E-state index in [-0.39, 0.29) is 5.69 Å². The van der Waals surface area contributed by atoms with E-state index in [4.69, 9.17) is 0 Å². The van der Waals surface area contributed by atoms with Crippen LogP contribution >= 0.6 is 15.9 Å². The van der Waals surface area contributed by atoms with Gasteiger partial charge in [0.1, 0.15) is 0 Å². The highest BCUT2D eigenvalue weighted by molar-refractivity contribution is 9.10. The summed E-state index contributed by atoms with van der Waals surface area (Å²) in [6.07, 6.45) is 0. The van der Waals surface area contributed by atoms with Crippen LogP contribution in [0.2, 0.25) is 0 Å². The van der Waals surface area contributed by atoms with E-state index in [1.54, 1.807) is 10.8 Å². The van der Waals surface area contributed by atoms with E-state index in [1.807, 2.05) is 0 Å². The second-order valence-corrected chi connectivity index (χ2v) is 4.98. The monoisotopic (exact) mass is 285 g/mol. The van der Waals surface area contributed by atoms with Gasteiger partial charge in [-0.05, 0) is 18.2 Å². The Morgan fingerprint density at radius 2 is 2.00 bits per heavy atom. The number of rotatable bonds is 3. The van der Waals surface area contributed by atoms with Crippen molar-refractivity contribution in [1.29, 1.82) is 0 Å². The van der Waals surface area contributed by atoms with Crippen molar-refractivity contribution in [3.05, 3.63) is 28.7 Å². The Balaban J connectivity index is 2.90. The molecule has 0 aliphatic heterocycles. The van der Waals surface area contributed by atoms with Crippen LogP contribution in [0.3, 0.4) is 0 Å². The Bertz CT molecular complexity index is 421. The standard InChI is InChI=1S/C7H6BrF2NO2S/c8-5-2-1-3-6(4-5)11-14(12,13)7(9)10/h1-4,7,11H. The molecule has 78 valence electrons. The molecule has 0 aromatic heterocycles. The third kappa shape index (κ3) is 2.91. The maximum Gasteiger partial charge on any atom is 0.355 e. The largest absolute Gasteiger partial charge is 0.355 e. The van der Waals surface area contributed by atoms with Crippen LogP contribution in [-0.2, 0) is 10.0 Å². The fourth-order valence-electron chi connectivity index (χ4n) is 0.761. The van der Waals surface area contributed by atoms with E-state index in [0.717, 1.165) is 0 Å². The molecular weight excluding hydrogens is 280 g/mol. The molecule has 0 saturated heterocycles. The van der Waals surface area contributed by atoms with Gasteiger partial charge in [0.15, 0.2) is 0 Å². The zero-order valence-corrected chi connectivity index (χ0v) is 9.15. The molecule has 0 amide bonds. The molecule has 0 heterocycles. The van der Waals surface area contributed by atoms with Crippen LogP contribution in [0.1, 0.15) is 0 Å². The second-order valence-electron chi connectivity index (χ2n) is 2.42. The normalized spacial score (nSPS) is 11.7. The topological polar surface area (TPSA) is 46.2 Å². The van der Waals surface area contributed by atoms with Gasteiger partial charge in [0, 0.05) is 10.2 Å². The van der Waals surface area contributed by atoms with Gasteiger partial charge in [-0.25, -0.2) is 8.42 Å². The van der Waals surface area contributed by atoms with Crippen LogP contribution in [0.25, 0.3) is 0 Å². The summed E-state index contributed by atoms with van der Waals surface area (Å²) in [5, 5.41) is 0. The Kier molecular flexibility index (Phi) is 3.43. The van der Waals surface area contributed by atoms with Crippen molar-refractivity contribution in [3.8, 4) is 0 Å². The molecule has 0 aliphatic rings. The van der Waals surface area contributed by atoms with E-state index in [9.17, 15) is 17.2 Å². The summed E-state index contributed by atoms with van der Waals surface area (Å²) < 4.78 is 47.7. The fraction of sp³-hybridized carbons (Fsp3) is 0.143. The van der Waals surface area contributed by atoms with Gasteiger partial charge < -0.3 is 0 Å². The molecule has 3 nitrogen and oxygen atoms in total. The number of alkyl halides is 2. The van der Waals surface area contributed by atoms with Crippen LogP contribution < -0.4 is 4.72 Å². The van der Waals surface area contributed by atoms with Gasteiger partial charge in [0.25, 0.3) is 10.0 Å². The Morgan fingerprint density at radius 3 is 2.50 bits per heavy atom. The van der Waals surface area contributed by atoms with Gasteiger partial charge in [0.2, 0.25) is 0 Å². The molecule has 7 heteroatoms. The number of halogens is 3. The summed E-state index contributed by atoms with van der Waals surface area (Å²) in [4.78, 5) is 0. The zero-order valence-electron chi connectivity index (χ0n) is 6.75. The lowest BCUT2D eigenvalue weighted by atomic mass is 10.3. The predicted molar refractivity (Wildman–Crippen MR) is 52.7 cm³/mol.